The Hall–Kier alpha value is -0.870. The molecule has 1 aliphatic heterocycles. The topological polar surface area (TPSA) is 32.3 Å². The summed E-state index contributed by atoms with van der Waals surface area (Å²) in [5.74, 6) is 0.870. The molecule has 1 aromatic rings. The molecule has 1 amide bonds. The van der Waals surface area contributed by atoms with E-state index in [2.05, 4.69) is 26.1 Å². The van der Waals surface area contributed by atoms with E-state index in [1.165, 1.54) is 25.7 Å². The van der Waals surface area contributed by atoms with Crippen molar-refractivity contribution >= 4 is 21.8 Å². The average molecular weight is 337 g/mol. The van der Waals surface area contributed by atoms with Crippen molar-refractivity contribution in [1.29, 1.82) is 0 Å². The SMILES string of the molecule is O=C(c1ccc(Br)cc1)N(CC1CCNCC1)C1CC1. The minimum absolute atomic E-state index is 0.207. The molecule has 108 valence electrons. The molecule has 1 N–H and O–H groups in total. The van der Waals surface area contributed by atoms with Crippen molar-refractivity contribution in [2.24, 2.45) is 5.92 Å². The van der Waals surface area contributed by atoms with E-state index < -0.39 is 0 Å². The maximum absolute atomic E-state index is 12.7. The molecule has 0 bridgehead atoms. The summed E-state index contributed by atoms with van der Waals surface area (Å²) in [6.45, 7) is 3.12. The van der Waals surface area contributed by atoms with Gasteiger partial charge in [-0.15, -0.1) is 0 Å². The molecule has 2 aliphatic rings. The van der Waals surface area contributed by atoms with Gasteiger partial charge in [0, 0.05) is 22.6 Å². The van der Waals surface area contributed by atoms with Crippen molar-refractivity contribution in [3.63, 3.8) is 0 Å². The number of amides is 1. The van der Waals surface area contributed by atoms with Crippen LogP contribution in [-0.4, -0.2) is 36.5 Å². The first-order valence-corrected chi connectivity index (χ1v) is 8.30. The summed E-state index contributed by atoms with van der Waals surface area (Å²) in [6, 6.07) is 8.22. The number of carbonyl (C=O) groups is 1. The van der Waals surface area contributed by atoms with E-state index in [4.69, 9.17) is 0 Å². The Bertz CT molecular complexity index is 464. The largest absolute Gasteiger partial charge is 0.335 e. The fourth-order valence-corrected chi connectivity index (χ4v) is 3.15. The van der Waals surface area contributed by atoms with Gasteiger partial charge in [-0.1, -0.05) is 15.9 Å². The molecule has 1 saturated heterocycles. The predicted octanol–water partition coefficient (Wildman–Crippen LogP) is 3.05. The van der Waals surface area contributed by atoms with Gasteiger partial charge in [0.25, 0.3) is 5.91 Å². The molecule has 1 aromatic carbocycles. The highest BCUT2D eigenvalue weighted by Gasteiger charge is 2.34. The van der Waals surface area contributed by atoms with Crippen molar-refractivity contribution in [3.8, 4) is 0 Å². The second-order valence-electron chi connectivity index (χ2n) is 5.89. The third-order valence-corrected chi connectivity index (χ3v) is 4.78. The number of hydrogen-bond donors (Lipinski definition) is 1. The summed E-state index contributed by atoms with van der Waals surface area (Å²) in [7, 11) is 0. The van der Waals surface area contributed by atoms with E-state index in [-0.39, 0.29) is 5.91 Å². The molecule has 0 unspecified atom stereocenters. The Balaban J connectivity index is 1.69. The molecule has 1 saturated carbocycles. The highest BCUT2D eigenvalue weighted by Crippen LogP contribution is 2.30. The lowest BCUT2D eigenvalue weighted by molar-refractivity contribution is 0.0701. The lowest BCUT2D eigenvalue weighted by Crippen LogP contribution is -2.40. The van der Waals surface area contributed by atoms with Crippen LogP contribution in [0.25, 0.3) is 0 Å². The van der Waals surface area contributed by atoms with Crippen LogP contribution in [0.3, 0.4) is 0 Å². The van der Waals surface area contributed by atoms with Crippen LogP contribution in [0.5, 0.6) is 0 Å². The number of nitrogens with zero attached hydrogens (tertiary/aromatic N) is 1. The molecular formula is C16H21BrN2O. The number of nitrogens with one attached hydrogen (secondary N) is 1. The summed E-state index contributed by atoms with van der Waals surface area (Å²) < 4.78 is 1.02. The van der Waals surface area contributed by atoms with Crippen molar-refractivity contribution in [1.82, 2.24) is 10.2 Å². The van der Waals surface area contributed by atoms with Gasteiger partial charge in [0.1, 0.15) is 0 Å². The van der Waals surface area contributed by atoms with Gasteiger partial charge in [0.05, 0.1) is 0 Å². The molecular weight excluding hydrogens is 316 g/mol. The van der Waals surface area contributed by atoms with Crippen LogP contribution in [0.15, 0.2) is 28.7 Å². The van der Waals surface area contributed by atoms with E-state index in [0.29, 0.717) is 12.0 Å². The quantitative estimate of drug-likeness (QED) is 0.916. The van der Waals surface area contributed by atoms with Gasteiger partial charge in [-0.2, -0.15) is 0 Å². The predicted molar refractivity (Wildman–Crippen MR) is 83.8 cm³/mol. The first-order chi connectivity index (χ1) is 9.74. The number of rotatable bonds is 4. The standard InChI is InChI=1S/C16H21BrN2O/c17-14-3-1-13(2-4-14)16(20)19(15-5-6-15)11-12-7-9-18-10-8-12/h1-4,12,15,18H,5-11H2. The molecule has 3 rings (SSSR count). The average Bonchev–Trinajstić information content (AvgIpc) is 3.30. The van der Waals surface area contributed by atoms with E-state index in [1.807, 2.05) is 24.3 Å². The number of carbonyl (C=O) groups excluding carboxylic acids is 1. The summed E-state index contributed by atoms with van der Waals surface area (Å²) in [5, 5.41) is 3.39. The summed E-state index contributed by atoms with van der Waals surface area (Å²) in [4.78, 5) is 14.8. The lowest BCUT2D eigenvalue weighted by Gasteiger charge is -2.30. The van der Waals surface area contributed by atoms with Crippen molar-refractivity contribution in [3.05, 3.63) is 34.3 Å². The van der Waals surface area contributed by atoms with Crippen LogP contribution in [0.1, 0.15) is 36.0 Å². The number of piperidine rings is 1. The number of halogens is 1. The van der Waals surface area contributed by atoms with Gasteiger partial charge >= 0.3 is 0 Å². The van der Waals surface area contributed by atoms with Crippen molar-refractivity contribution < 1.29 is 4.79 Å². The lowest BCUT2D eigenvalue weighted by atomic mass is 9.97. The van der Waals surface area contributed by atoms with Crippen LogP contribution >= 0.6 is 15.9 Å². The molecule has 20 heavy (non-hydrogen) atoms. The second-order valence-corrected chi connectivity index (χ2v) is 6.80. The van der Waals surface area contributed by atoms with Gasteiger partial charge in [0.2, 0.25) is 0 Å². The molecule has 0 radical (unpaired) electrons. The highest BCUT2D eigenvalue weighted by molar-refractivity contribution is 9.10. The highest BCUT2D eigenvalue weighted by atomic mass is 79.9. The summed E-state index contributed by atoms with van der Waals surface area (Å²) >= 11 is 3.42. The van der Waals surface area contributed by atoms with Gasteiger partial charge in [-0.05, 0) is 69.0 Å². The van der Waals surface area contributed by atoms with E-state index >= 15 is 0 Å². The zero-order chi connectivity index (χ0) is 13.9. The Labute approximate surface area is 128 Å². The Morgan fingerprint density at radius 2 is 1.80 bits per heavy atom. The van der Waals surface area contributed by atoms with Crippen LogP contribution in [0.2, 0.25) is 0 Å². The third-order valence-electron chi connectivity index (χ3n) is 4.25. The van der Waals surface area contributed by atoms with Crippen LogP contribution in [0, 0.1) is 5.92 Å². The molecule has 1 heterocycles. The van der Waals surface area contributed by atoms with Gasteiger partial charge in [-0.25, -0.2) is 0 Å². The maximum atomic E-state index is 12.7. The fourth-order valence-electron chi connectivity index (χ4n) is 2.88. The minimum atomic E-state index is 0.207. The number of hydrogen-bond acceptors (Lipinski definition) is 2. The molecule has 4 heteroatoms. The van der Waals surface area contributed by atoms with E-state index in [1.54, 1.807) is 0 Å². The minimum Gasteiger partial charge on any atom is -0.335 e. The van der Waals surface area contributed by atoms with Crippen molar-refractivity contribution in [2.75, 3.05) is 19.6 Å². The van der Waals surface area contributed by atoms with Crippen LogP contribution < -0.4 is 5.32 Å². The maximum Gasteiger partial charge on any atom is 0.254 e. The molecule has 3 nitrogen and oxygen atoms in total. The second kappa shape index (κ2) is 6.27. The third kappa shape index (κ3) is 3.41. The Morgan fingerprint density at radius 3 is 2.40 bits per heavy atom. The van der Waals surface area contributed by atoms with Gasteiger partial charge in [0.15, 0.2) is 0 Å². The molecule has 0 spiro atoms. The monoisotopic (exact) mass is 336 g/mol. The molecule has 0 atom stereocenters. The summed E-state index contributed by atoms with van der Waals surface area (Å²) in [6.07, 6.45) is 4.73. The zero-order valence-electron chi connectivity index (χ0n) is 11.6. The van der Waals surface area contributed by atoms with Crippen LogP contribution in [-0.2, 0) is 0 Å². The van der Waals surface area contributed by atoms with Gasteiger partial charge < -0.3 is 10.2 Å². The fraction of sp³-hybridized carbons (Fsp3) is 0.562. The summed E-state index contributed by atoms with van der Waals surface area (Å²) in [5.41, 5.74) is 0.814. The van der Waals surface area contributed by atoms with Crippen molar-refractivity contribution in [2.45, 2.75) is 31.7 Å². The first-order valence-electron chi connectivity index (χ1n) is 7.51. The van der Waals surface area contributed by atoms with E-state index in [0.717, 1.165) is 29.7 Å². The molecule has 2 fully saturated rings. The molecule has 0 aromatic heterocycles. The Morgan fingerprint density at radius 1 is 1.15 bits per heavy atom. The Kier molecular flexibility index (Phi) is 4.41. The van der Waals surface area contributed by atoms with Crippen LogP contribution in [0.4, 0.5) is 0 Å². The molecule has 1 aliphatic carbocycles. The van der Waals surface area contributed by atoms with Gasteiger partial charge in [-0.3, -0.25) is 4.79 Å². The first kappa shape index (κ1) is 14.1. The smallest absolute Gasteiger partial charge is 0.254 e. The van der Waals surface area contributed by atoms with E-state index in [9.17, 15) is 4.79 Å². The zero-order valence-corrected chi connectivity index (χ0v) is 13.2. The number of benzene rings is 1. The normalized spacial score (nSPS) is 19.9.